The molecular weight excluding hydrogens is 404 g/mol. The van der Waals surface area contributed by atoms with E-state index in [1.54, 1.807) is 23.5 Å². The fourth-order valence-electron chi connectivity index (χ4n) is 3.60. The largest absolute Gasteiger partial charge is 0.448 e. The topological polar surface area (TPSA) is 72.6 Å². The summed E-state index contributed by atoms with van der Waals surface area (Å²) in [7, 11) is 0. The summed E-state index contributed by atoms with van der Waals surface area (Å²) < 4.78 is 6.02. The van der Waals surface area contributed by atoms with Crippen molar-refractivity contribution in [2.24, 2.45) is 5.73 Å². The Morgan fingerprint density at radius 3 is 2.31 bits per heavy atom. The van der Waals surface area contributed by atoms with Crippen LogP contribution in [-0.2, 0) is 14.3 Å². The molecule has 2 heterocycles. The third-order valence-corrected chi connectivity index (χ3v) is 7.03. The summed E-state index contributed by atoms with van der Waals surface area (Å²) >= 11 is 3.23. The zero-order valence-electron chi connectivity index (χ0n) is 16.0. The molecule has 2 atom stereocenters. The number of hydrogen-bond acceptors (Lipinski definition) is 6. The van der Waals surface area contributed by atoms with Gasteiger partial charge in [-0.25, -0.2) is 4.79 Å². The van der Waals surface area contributed by atoms with Gasteiger partial charge in [0.1, 0.15) is 17.1 Å². The number of carbonyl (C=O) groups excluding carboxylic acids is 2. The third kappa shape index (κ3) is 3.82. The van der Waals surface area contributed by atoms with E-state index in [1.165, 1.54) is 4.90 Å². The van der Waals surface area contributed by atoms with E-state index in [2.05, 4.69) is 0 Å². The molecule has 0 saturated carbocycles. The van der Waals surface area contributed by atoms with Crippen LogP contribution in [-0.4, -0.2) is 46.0 Å². The molecule has 1 fully saturated rings. The number of ether oxygens (including phenoxy) is 1. The van der Waals surface area contributed by atoms with Gasteiger partial charge in [0.2, 0.25) is 5.91 Å². The van der Waals surface area contributed by atoms with Crippen molar-refractivity contribution >= 4 is 35.4 Å². The molecule has 150 valence electrons. The molecule has 1 saturated heterocycles. The van der Waals surface area contributed by atoms with Crippen LogP contribution in [0.25, 0.3) is 0 Å². The molecule has 2 aromatic carbocycles. The Morgan fingerprint density at radius 1 is 1.17 bits per heavy atom. The van der Waals surface area contributed by atoms with Crippen LogP contribution in [0.4, 0.5) is 0 Å². The number of benzene rings is 2. The van der Waals surface area contributed by atoms with Crippen molar-refractivity contribution in [2.45, 2.75) is 17.5 Å². The first kappa shape index (κ1) is 20.1. The normalized spacial score (nSPS) is 21.1. The van der Waals surface area contributed by atoms with Gasteiger partial charge in [-0.05, 0) is 23.0 Å². The van der Waals surface area contributed by atoms with Crippen molar-refractivity contribution in [3.05, 3.63) is 83.1 Å². The van der Waals surface area contributed by atoms with Gasteiger partial charge < -0.3 is 10.5 Å². The van der Waals surface area contributed by atoms with E-state index in [9.17, 15) is 9.59 Å². The van der Waals surface area contributed by atoms with Crippen molar-refractivity contribution in [3.63, 3.8) is 0 Å². The van der Waals surface area contributed by atoms with Gasteiger partial charge >= 0.3 is 5.97 Å². The molecule has 2 aliphatic rings. The van der Waals surface area contributed by atoms with Gasteiger partial charge in [-0.2, -0.15) is 11.8 Å². The fourth-order valence-corrected chi connectivity index (χ4v) is 5.61. The van der Waals surface area contributed by atoms with Crippen molar-refractivity contribution in [3.8, 4) is 0 Å². The number of nitrogens with two attached hydrogens (primary N) is 1. The van der Waals surface area contributed by atoms with E-state index < -0.39 is 18.1 Å². The minimum absolute atomic E-state index is 0.192. The first-order chi connectivity index (χ1) is 14.1. The lowest BCUT2D eigenvalue weighted by atomic mass is 10.0. The molecule has 2 N–H and O–H groups in total. The summed E-state index contributed by atoms with van der Waals surface area (Å²) in [4.78, 5) is 27.3. The molecule has 0 radical (unpaired) electrons. The Bertz CT molecular complexity index is 894. The molecule has 4 rings (SSSR count). The van der Waals surface area contributed by atoms with Crippen molar-refractivity contribution in [1.29, 1.82) is 0 Å². The molecule has 5 nitrogen and oxygen atoms in total. The number of thioether (sulfide) groups is 2. The standard InChI is InChI=1S/C22H22N2O3S2/c1-28-12-16-13-29-21-17(23)20(25)24(21)18(16)22(26)27-19(14-8-4-2-5-9-14)15-10-6-3-7-11-15/h2-11,17,19,21H,12-13,23H2,1H3/t17?,21-/m0/s1. The lowest BCUT2D eigenvalue weighted by Gasteiger charge is -2.48. The van der Waals surface area contributed by atoms with Crippen LogP contribution in [0.15, 0.2) is 71.9 Å². The van der Waals surface area contributed by atoms with Crippen LogP contribution in [0, 0.1) is 0 Å². The first-order valence-electron chi connectivity index (χ1n) is 9.34. The Hall–Kier alpha value is -2.22. The van der Waals surface area contributed by atoms with E-state index in [4.69, 9.17) is 10.5 Å². The van der Waals surface area contributed by atoms with Crippen molar-refractivity contribution in [2.75, 3.05) is 17.8 Å². The Labute approximate surface area is 178 Å². The summed E-state index contributed by atoms with van der Waals surface area (Å²) in [6.07, 6.45) is 1.43. The van der Waals surface area contributed by atoms with Gasteiger partial charge in [0.15, 0.2) is 6.10 Å². The highest BCUT2D eigenvalue weighted by Crippen LogP contribution is 2.41. The van der Waals surface area contributed by atoms with Crippen LogP contribution in [0.3, 0.4) is 0 Å². The summed E-state index contributed by atoms with van der Waals surface area (Å²) in [5.41, 5.74) is 9.00. The lowest BCUT2D eigenvalue weighted by Crippen LogP contribution is -2.68. The number of amides is 1. The predicted molar refractivity (Wildman–Crippen MR) is 117 cm³/mol. The molecule has 1 amide bonds. The highest BCUT2D eigenvalue weighted by atomic mass is 32.2. The summed E-state index contributed by atoms with van der Waals surface area (Å²) in [6, 6.07) is 18.7. The van der Waals surface area contributed by atoms with E-state index in [0.29, 0.717) is 17.2 Å². The summed E-state index contributed by atoms with van der Waals surface area (Å²) in [5.74, 6) is 0.653. The second-order valence-corrected chi connectivity index (χ2v) is 8.90. The molecule has 29 heavy (non-hydrogen) atoms. The van der Waals surface area contributed by atoms with E-state index in [1.807, 2.05) is 66.9 Å². The molecule has 1 unspecified atom stereocenters. The zero-order valence-corrected chi connectivity index (χ0v) is 17.6. The van der Waals surface area contributed by atoms with Crippen LogP contribution in [0.1, 0.15) is 17.2 Å². The number of fused-ring (bicyclic) bond motifs is 1. The molecule has 0 spiro atoms. The number of carbonyl (C=O) groups is 2. The number of rotatable bonds is 6. The van der Waals surface area contributed by atoms with E-state index in [-0.39, 0.29) is 11.3 Å². The van der Waals surface area contributed by atoms with Gasteiger partial charge in [-0.3, -0.25) is 9.69 Å². The maximum atomic E-state index is 13.3. The van der Waals surface area contributed by atoms with Gasteiger partial charge in [-0.15, -0.1) is 11.8 Å². The Morgan fingerprint density at radius 2 is 1.76 bits per heavy atom. The van der Waals surface area contributed by atoms with E-state index in [0.717, 1.165) is 16.7 Å². The SMILES string of the molecule is CSCC1=C(C(=O)OC(c2ccccc2)c2ccccc2)N2C(=O)C(N)[C@@H]2SC1. The van der Waals surface area contributed by atoms with Crippen LogP contribution in [0.5, 0.6) is 0 Å². The third-order valence-electron chi connectivity index (χ3n) is 5.03. The molecule has 7 heteroatoms. The number of hydrogen-bond donors (Lipinski definition) is 1. The average molecular weight is 427 g/mol. The highest BCUT2D eigenvalue weighted by molar-refractivity contribution is 8.00. The summed E-state index contributed by atoms with van der Waals surface area (Å²) in [5, 5.41) is -0.192. The lowest BCUT2D eigenvalue weighted by molar-refractivity contribution is -0.153. The van der Waals surface area contributed by atoms with Gasteiger partial charge in [0.25, 0.3) is 0 Å². The summed E-state index contributed by atoms with van der Waals surface area (Å²) in [6.45, 7) is 0. The van der Waals surface area contributed by atoms with Crippen LogP contribution in [0.2, 0.25) is 0 Å². The van der Waals surface area contributed by atoms with E-state index >= 15 is 0 Å². The zero-order chi connectivity index (χ0) is 20.4. The van der Waals surface area contributed by atoms with Crippen LogP contribution < -0.4 is 5.73 Å². The maximum absolute atomic E-state index is 13.3. The first-order valence-corrected chi connectivity index (χ1v) is 11.8. The van der Waals surface area contributed by atoms with Gasteiger partial charge in [0, 0.05) is 11.5 Å². The Kier molecular flexibility index (Phi) is 5.99. The van der Waals surface area contributed by atoms with Gasteiger partial charge in [-0.1, -0.05) is 60.7 Å². The number of esters is 1. The maximum Gasteiger partial charge on any atom is 0.356 e. The predicted octanol–water partition coefficient (Wildman–Crippen LogP) is 3.18. The molecule has 0 bridgehead atoms. The second-order valence-electron chi connectivity index (χ2n) is 6.93. The quantitative estimate of drug-likeness (QED) is 0.565. The minimum atomic E-state index is -0.558. The average Bonchev–Trinajstić information content (AvgIpc) is 2.77. The molecular formula is C22H22N2O3S2. The fraction of sp³-hybridized carbons (Fsp3) is 0.273. The Balaban J connectivity index is 1.68. The van der Waals surface area contributed by atoms with Crippen molar-refractivity contribution in [1.82, 2.24) is 4.90 Å². The van der Waals surface area contributed by atoms with Crippen LogP contribution >= 0.6 is 23.5 Å². The van der Waals surface area contributed by atoms with Crippen molar-refractivity contribution < 1.29 is 14.3 Å². The smallest absolute Gasteiger partial charge is 0.356 e. The monoisotopic (exact) mass is 426 g/mol. The molecule has 0 aliphatic carbocycles. The number of β-lactam (4-membered cyclic amide) rings is 1. The minimum Gasteiger partial charge on any atom is -0.448 e. The highest BCUT2D eigenvalue weighted by Gasteiger charge is 2.52. The molecule has 2 aromatic rings. The number of nitrogens with zero attached hydrogens (tertiary/aromatic N) is 1. The second kappa shape index (κ2) is 8.65. The molecule has 2 aliphatic heterocycles. The van der Waals surface area contributed by atoms with Gasteiger partial charge in [0.05, 0.1) is 0 Å². The molecule has 0 aromatic heterocycles.